The number of nitrogens with one attached hydrogen (secondary N) is 1. The summed E-state index contributed by atoms with van der Waals surface area (Å²) < 4.78 is 1.81. The molecule has 1 heterocycles. The summed E-state index contributed by atoms with van der Waals surface area (Å²) in [6, 6.07) is 1.33. The van der Waals surface area contributed by atoms with E-state index in [1.54, 1.807) is 12.3 Å². The summed E-state index contributed by atoms with van der Waals surface area (Å²) >= 11 is 5.95. The normalized spacial score (nSPS) is 15.9. The average Bonchev–Trinajstić information content (AvgIpc) is 3.13. The molecule has 0 spiro atoms. The molecule has 1 aromatic rings. The standard InChI is InChI=1S/C14H19ClN2O3/c1-2-5-17-8-10(15)6-12(17)14(20)16-11(7-13(18)19)9-3-4-9/h6,8-9,11H,2-5,7H2,1H3,(H,16,20)(H,18,19). The first-order valence-electron chi connectivity index (χ1n) is 6.89. The summed E-state index contributed by atoms with van der Waals surface area (Å²) in [6.45, 7) is 2.73. The second kappa shape index (κ2) is 6.31. The Morgan fingerprint density at radius 1 is 1.55 bits per heavy atom. The number of carbonyl (C=O) groups is 2. The van der Waals surface area contributed by atoms with E-state index in [-0.39, 0.29) is 18.4 Å². The van der Waals surface area contributed by atoms with Gasteiger partial charge in [0, 0.05) is 18.8 Å². The molecule has 0 aromatic carbocycles. The quantitative estimate of drug-likeness (QED) is 0.812. The van der Waals surface area contributed by atoms with Gasteiger partial charge in [-0.15, -0.1) is 0 Å². The second-order valence-electron chi connectivity index (χ2n) is 5.25. The molecule has 1 fully saturated rings. The zero-order valence-corrected chi connectivity index (χ0v) is 12.2. The van der Waals surface area contributed by atoms with E-state index in [1.165, 1.54) is 0 Å². The second-order valence-corrected chi connectivity index (χ2v) is 5.69. The Morgan fingerprint density at radius 3 is 2.80 bits per heavy atom. The Labute approximate surface area is 122 Å². The Bertz CT molecular complexity index is 509. The van der Waals surface area contributed by atoms with Crippen LogP contribution in [0.2, 0.25) is 5.02 Å². The lowest BCUT2D eigenvalue weighted by atomic mass is 10.1. The largest absolute Gasteiger partial charge is 0.481 e. The van der Waals surface area contributed by atoms with E-state index in [9.17, 15) is 9.59 Å². The number of hydrogen-bond acceptors (Lipinski definition) is 2. The van der Waals surface area contributed by atoms with Crippen LogP contribution in [-0.4, -0.2) is 27.6 Å². The number of amides is 1. The molecule has 1 saturated carbocycles. The topological polar surface area (TPSA) is 71.3 Å². The van der Waals surface area contributed by atoms with Crippen molar-refractivity contribution in [3.63, 3.8) is 0 Å². The lowest BCUT2D eigenvalue weighted by Gasteiger charge is -2.17. The maximum absolute atomic E-state index is 12.3. The summed E-state index contributed by atoms with van der Waals surface area (Å²) in [6.07, 6.45) is 4.55. The van der Waals surface area contributed by atoms with Gasteiger partial charge < -0.3 is 15.0 Å². The van der Waals surface area contributed by atoms with Gasteiger partial charge in [-0.3, -0.25) is 9.59 Å². The van der Waals surface area contributed by atoms with E-state index in [1.807, 2.05) is 11.5 Å². The zero-order chi connectivity index (χ0) is 14.7. The lowest BCUT2D eigenvalue weighted by Crippen LogP contribution is -2.39. The molecule has 1 aliphatic carbocycles. The van der Waals surface area contributed by atoms with Crippen LogP contribution < -0.4 is 5.32 Å². The molecular formula is C14H19ClN2O3. The van der Waals surface area contributed by atoms with Crippen molar-refractivity contribution in [1.82, 2.24) is 9.88 Å². The highest BCUT2D eigenvalue weighted by Crippen LogP contribution is 2.34. The van der Waals surface area contributed by atoms with Gasteiger partial charge in [0.15, 0.2) is 0 Å². The molecule has 2 rings (SSSR count). The summed E-state index contributed by atoms with van der Waals surface area (Å²) in [5.41, 5.74) is 0.493. The van der Waals surface area contributed by atoms with E-state index in [2.05, 4.69) is 5.32 Å². The molecule has 0 aliphatic heterocycles. The van der Waals surface area contributed by atoms with Crippen molar-refractivity contribution in [2.45, 2.75) is 45.2 Å². The Balaban J connectivity index is 2.07. The minimum absolute atomic E-state index is 0.0291. The molecular weight excluding hydrogens is 280 g/mol. The highest BCUT2D eigenvalue weighted by atomic mass is 35.5. The Morgan fingerprint density at radius 2 is 2.25 bits per heavy atom. The third-order valence-corrected chi connectivity index (χ3v) is 3.67. The number of halogens is 1. The number of aromatic nitrogens is 1. The molecule has 1 amide bonds. The molecule has 0 saturated heterocycles. The molecule has 20 heavy (non-hydrogen) atoms. The van der Waals surface area contributed by atoms with E-state index in [0.29, 0.717) is 23.2 Å². The number of hydrogen-bond donors (Lipinski definition) is 2. The van der Waals surface area contributed by atoms with Crippen LogP contribution in [0.1, 0.15) is 43.1 Å². The van der Waals surface area contributed by atoms with Crippen LogP contribution in [0.4, 0.5) is 0 Å². The first-order chi connectivity index (χ1) is 9.51. The van der Waals surface area contributed by atoms with Crippen LogP contribution in [0.15, 0.2) is 12.3 Å². The van der Waals surface area contributed by atoms with Crippen molar-refractivity contribution < 1.29 is 14.7 Å². The number of carboxylic acids is 1. The molecule has 0 radical (unpaired) electrons. The molecule has 1 atom stereocenters. The van der Waals surface area contributed by atoms with Gasteiger partial charge in [-0.05, 0) is 31.2 Å². The van der Waals surface area contributed by atoms with E-state index < -0.39 is 5.97 Å². The monoisotopic (exact) mass is 298 g/mol. The smallest absolute Gasteiger partial charge is 0.305 e. The fourth-order valence-corrected chi connectivity index (χ4v) is 2.58. The number of aryl methyl sites for hydroxylation is 1. The SMILES string of the molecule is CCCn1cc(Cl)cc1C(=O)NC(CC(=O)O)C1CC1. The molecule has 1 unspecified atom stereocenters. The van der Waals surface area contributed by atoms with Gasteiger partial charge in [0.1, 0.15) is 5.69 Å². The van der Waals surface area contributed by atoms with Gasteiger partial charge in [-0.2, -0.15) is 0 Å². The van der Waals surface area contributed by atoms with Crippen LogP contribution in [0, 0.1) is 5.92 Å². The molecule has 1 aliphatic rings. The minimum atomic E-state index is -0.885. The van der Waals surface area contributed by atoms with Crippen molar-refractivity contribution in [3.05, 3.63) is 23.0 Å². The van der Waals surface area contributed by atoms with Gasteiger partial charge in [0.05, 0.1) is 11.4 Å². The number of carbonyl (C=O) groups excluding carboxylic acids is 1. The molecule has 6 heteroatoms. The van der Waals surface area contributed by atoms with Gasteiger partial charge in [-0.25, -0.2) is 0 Å². The van der Waals surface area contributed by atoms with Crippen LogP contribution in [-0.2, 0) is 11.3 Å². The summed E-state index contributed by atoms with van der Waals surface area (Å²) in [4.78, 5) is 23.2. The van der Waals surface area contributed by atoms with E-state index in [4.69, 9.17) is 16.7 Å². The van der Waals surface area contributed by atoms with Crippen molar-refractivity contribution in [1.29, 1.82) is 0 Å². The van der Waals surface area contributed by atoms with Crippen molar-refractivity contribution in [2.24, 2.45) is 5.92 Å². The van der Waals surface area contributed by atoms with E-state index in [0.717, 1.165) is 19.3 Å². The van der Waals surface area contributed by atoms with Gasteiger partial charge in [0.25, 0.3) is 5.91 Å². The lowest BCUT2D eigenvalue weighted by molar-refractivity contribution is -0.137. The molecule has 5 nitrogen and oxygen atoms in total. The third kappa shape index (κ3) is 3.76. The van der Waals surface area contributed by atoms with Crippen LogP contribution in [0.25, 0.3) is 0 Å². The van der Waals surface area contributed by atoms with Crippen molar-refractivity contribution in [3.8, 4) is 0 Å². The fourth-order valence-electron chi connectivity index (χ4n) is 2.36. The number of rotatable bonds is 7. The first kappa shape index (κ1) is 14.9. The minimum Gasteiger partial charge on any atom is -0.481 e. The maximum atomic E-state index is 12.3. The molecule has 0 bridgehead atoms. The molecule has 110 valence electrons. The Hall–Kier alpha value is -1.49. The van der Waals surface area contributed by atoms with Gasteiger partial charge in [0.2, 0.25) is 0 Å². The van der Waals surface area contributed by atoms with E-state index >= 15 is 0 Å². The zero-order valence-electron chi connectivity index (χ0n) is 11.4. The van der Waals surface area contributed by atoms with Gasteiger partial charge in [-0.1, -0.05) is 18.5 Å². The first-order valence-corrected chi connectivity index (χ1v) is 7.27. The molecule has 2 N–H and O–H groups in total. The maximum Gasteiger partial charge on any atom is 0.305 e. The number of carboxylic acid groups (broad SMARTS) is 1. The summed E-state index contributed by atoms with van der Waals surface area (Å²) in [5, 5.41) is 12.3. The fraction of sp³-hybridized carbons (Fsp3) is 0.571. The van der Waals surface area contributed by atoms with Crippen molar-refractivity contribution >= 4 is 23.5 Å². The predicted octanol–water partition coefficient (Wildman–Crippen LogP) is 2.53. The number of aliphatic carboxylic acids is 1. The Kier molecular flexibility index (Phi) is 4.70. The average molecular weight is 299 g/mol. The van der Waals surface area contributed by atoms with Crippen molar-refractivity contribution in [2.75, 3.05) is 0 Å². The highest BCUT2D eigenvalue weighted by Gasteiger charge is 2.34. The van der Waals surface area contributed by atoms with Crippen LogP contribution in [0.5, 0.6) is 0 Å². The predicted molar refractivity (Wildman–Crippen MR) is 76.0 cm³/mol. The van der Waals surface area contributed by atoms with Gasteiger partial charge >= 0.3 is 5.97 Å². The third-order valence-electron chi connectivity index (χ3n) is 3.46. The van der Waals surface area contributed by atoms with Crippen LogP contribution >= 0.6 is 11.6 Å². The number of nitrogens with zero attached hydrogens (tertiary/aromatic N) is 1. The highest BCUT2D eigenvalue weighted by molar-refractivity contribution is 6.31. The molecule has 1 aromatic heterocycles. The summed E-state index contributed by atoms with van der Waals surface area (Å²) in [5.74, 6) is -0.840. The summed E-state index contributed by atoms with van der Waals surface area (Å²) in [7, 11) is 0. The van der Waals surface area contributed by atoms with Crippen LogP contribution in [0.3, 0.4) is 0 Å².